The minimum absolute atomic E-state index is 0.0316. The number of rotatable bonds is 5. The zero-order valence-electron chi connectivity index (χ0n) is 17.2. The third-order valence-electron chi connectivity index (χ3n) is 5.53. The number of nitrogen functional groups attached to an aromatic ring is 1. The molecule has 0 atom stereocenters. The van der Waals surface area contributed by atoms with Gasteiger partial charge in [-0.1, -0.05) is 36.4 Å². The lowest BCUT2D eigenvalue weighted by Gasteiger charge is -2.21. The number of carbonyl (C=O) groups is 2. The second-order valence-electron chi connectivity index (χ2n) is 7.71. The van der Waals surface area contributed by atoms with Crippen molar-refractivity contribution in [2.24, 2.45) is 5.92 Å². The average Bonchev–Trinajstić information content (AvgIpc) is 2.82. The number of hydrogen-bond acceptors (Lipinski definition) is 4. The maximum absolute atomic E-state index is 12.7. The summed E-state index contributed by atoms with van der Waals surface area (Å²) in [6.07, 6.45) is 1.69. The van der Waals surface area contributed by atoms with Crippen LogP contribution in [0.4, 0.5) is 17.1 Å². The Kier molecular flexibility index (Phi) is 6.29. The fourth-order valence-corrected chi connectivity index (χ4v) is 3.70. The predicted molar refractivity (Wildman–Crippen MR) is 125 cm³/mol. The molecular weight excluding hydrogens is 388 g/mol. The molecule has 4 rings (SSSR count). The van der Waals surface area contributed by atoms with Gasteiger partial charge in [-0.05, 0) is 73.5 Å². The van der Waals surface area contributed by atoms with Gasteiger partial charge in [0.1, 0.15) is 0 Å². The highest BCUT2D eigenvalue weighted by molar-refractivity contribution is 6.06. The Hall–Kier alpha value is -3.64. The van der Waals surface area contributed by atoms with Crippen molar-refractivity contribution in [2.75, 3.05) is 29.5 Å². The molecule has 0 aliphatic carbocycles. The molecule has 0 spiro atoms. The molecule has 1 aliphatic heterocycles. The van der Waals surface area contributed by atoms with E-state index in [0.717, 1.165) is 37.1 Å². The van der Waals surface area contributed by atoms with Gasteiger partial charge in [-0.2, -0.15) is 0 Å². The molecule has 0 saturated carbocycles. The Balaban J connectivity index is 1.42. The SMILES string of the molecule is Nc1ccc(-c2ccccc2)cc1NC(=O)c1ccc(NC(=O)C2CCNCC2)cc1. The predicted octanol–water partition coefficient (Wildman–Crippen LogP) is 4.13. The fraction of sp³-hybridized carbons (Fsp3) is 0.200. The molecule has 1 fully saturated rings. The highest BCUT2D eigenvalue weighted by Gasteiger charge is 2.21. The number of piperidine rings is 1. The Morgan fingerprint density at radius 2 is 1.55 bits per heavy atom. The van der Waals surface area contributed by atoms with Crippen LogP contribution < -0.4 is 21.7 Å². The van der Waals surface area contributed by atoms with Crippen LogP contribution >= 0.6 is 0 Å². The van der Waals surface area contributed by atoms with Crippen molar-refractivity contribution >= 4 is 28.9 Å². The fourth-order valence-electron chi connectivity index (χ4n) is 3.70. The second-order valence-corrected chi connectivity index (χ2v) is 7.71. The van der Waals surface area contributed by atoms with E-state index in [0.29, 0.717) is 22.6 Å². The molecule has 1 heterocycles. The highest BCUT2D eigenvalue weighted by atomic mass is 16.2. The van der Waals surface area contributed by atoms with Crippen LogP contribution in [-0.2, 0) is 4.79 Å². The first-order valence-electron chi connectivity index (χ1n) is 10.5. The lowest BCUT2D eigenvalue weighted by Crippen LogP contribution is -2.34. The van der Waals surface area contributed by atoms with Crippen LogP contribution in [0, 0.1) is 5.92 Å². The molecule has 6 heteroatoms. The molecule has 6 nitrogen and oxygen atoms in total. The first-order valence-corrected chi connectivity index (χ1v) is 10.5. The maximum atomic E-state index is 12.7. The van der Waals surface area contributed by atoms with E-state index >= 15 is 0 Å². The molecule has 158 valence electrons. The minimum Gasteiger partial charge on any atom is -0.397 e. The van der Waals surface area contributed by atoms with Crippen molar-refractivity contribution in [3.63, 3.8) is 0 Å². The minimum atomic E-state index is -0.256. The number of carbonyl (C=O) groups excluding carboxylic acids is 2. The van der Waals surface area contributed by atoms with E-state index < -0.39 is 0 Å². The van der Waals surface area contributed by atoms with Crippen molar-refractivity contribution in [3.8, 4) is 11.1 Å². The van der Waals surface area contributed by atoms with Gasteiger partial charge in [-0.3, -0.25) is 9.59 Å². The Morgan fingerprint density at radius 3 is 2.26 bits per heavy atom. The molecule has 0 aromatic heterocycles. The second kappa shape index (κ2) is 9.45. The summed E-state index contributed by atoms with van der Waals surface area (Å²) in [6, 6.07) is 22.4. The van der Waals surface area contributed by atoms with Crippen molar-refractivity contribution in [3.05, 3.63) is 78.4 Å². The summed E-state index contributed by atoms with van der Waals surface area (Å²) >= 11 is 0. The molecule has 3 aromatic carbocycles. The zero-order valence-corrected chi connectivity index (χ0v) is 17.2. The molecule has 0 bridgehead atoms. The van der Waals surface area contributed by atoms with Crippen molar-refractivity contribution in [1.82, 2.24) is 5.32 Å². The average molecular weight is 415 g/mol. The summed E-state index contributed by atoms with van der Waals surface area (Å²) in [5.41, 5.74) is 10.3. The standard InChI is InChI=1S/C25H26N4O2/c26-22-11-8-20(17-4-2-1-3-5-17)16-23(22)29-25(31)18-6-9-21(10-7-18)28-24(30)19-12-14-27-15-13-19/h1-11,16,19,27H,12-15,26H2,(H,28,30)(H,29,31). The van der Waals surface area contributed by atoms with Crippen LogP contribution in [0.3, 0.4) is 0 Å². The topological polar surface area (TPSA) is 96.2 Å². The molecule has 5 N–H and O–H groups in total. The summed E-state index contributed by atoms with van der Waals surface area (Å²) < 4.78 is 0. The quantitative estimate of drug-likeness (QED) is 0.472. The number of nitrogens with two attached hydrogens (primary N) is 1. The third kappa shape index (κ3) is 5.10. The van der Waals surface area contributed by atoms with E-state index in [4.69, 9.17) is 5.73 Å². The van der Waals surface area contributed by atoms with Gasteiger partial charge < -0.3 is 21.7 Å². The van der Waals surface area contributed by atoms with Crippen LogP contribution in [0.5, 0.6) is 0 Å². The Bertz CT molecular complexity index is 1060. The van der Waals surface area contributed by atoms with Crippen molar-refractivity contribution < 1.29 is 9.59 Å². The third-order valence-corrected chi connectivity index (χ3v) is 5.53. The molecule has 2 amide bonds. The zero-order chi connectivity index (χ0) is 21.6. The summed E-state index contributed by atoms with van der Waals surface area (Å²) in [4.78, 5) is 25.1. The van der Waals surface area contributed by atoms with Gasteiger partial charge in [0.25, 0.3) is 5.91 Å². The van der Waals surface area contributed by atoms with Gasteiger partial charge in [0.2, 0.25) is 5.91 Å². The summed E-state index contributed by atoms with van der Waals surface area (Å²) in [7, 11) is 0. The number of anilines is 3. The summed E-state index contributed by atoms with van der Waals surface area (Å²) in [6.45, 7) is 1.73. The smallest absolute Gasteiger partial charge is 0.255 e. The highest BCUT2D eigenvalue weighted by Crippen LogP contribution is 2.27. The maximum Gasteiger partial charge on any atom is 0.255 e. The lowest BCUT2D eigenvalue weighted by molar-refractivity contribution is -0.120. The molecular formula is C25H26N4O2. The van der Waals surface area contributed by atoms with Crippen molar-refractivity contribution in [2.45, 2.75) is 12.8 Å². The van der Waals surface area contributed by atoms with Gasteiger partial charge >= 0.3 is 0 Å². The molecule has 31 heavy (non-hydrogen) atoms. The molecule has 0 radical (unpaired) electrons. The van der Waals surface area contributed by atoms with Gasteiger partial charge in [-0.15, -0.1) is 0 Å². The Morgan fingerprint density at radius 1 is 0.839 bits per heavy atom. The van der Waals surface area contributed by atoms with Crippen molar-refractivity contribution in [1.29, 1.82) is 0 Å². The first kappa shape index (κ1) is 20.6. The van der Waals surface area contributed by atoms with Gasteiger partial charge in [-0.25, -0.2) is 0 Å². The van der Waals surface area contributed by atoms with E-state index in [1.165, 1.54) is 0 Å². The van der Waals surface area contributed by atoms with Crippen LogP contribution in [0.2, 0.25) is 0 Å². The van der Waals surface area contributed by atoms with Crippen LogP contribution in [0.1, 0.15) is 23.2 Å². The first-order chi connectivity index (χ1) is 15.1. The van der Waals surface area contributed by atoms with Crippen LogP contribution in [-0.4, -0.2) is 24.9 Å². The number of hydrogen-bond donors (Lipinski definition) is 4. The normalized spacial score (nSPS) is 14.1. The number of benzene rings is 3. The number of nitrogens with one attached hydrogen (secondary N) is 3. The molecule has 0 unspecified atom stereocenters. The lowest BCUT2D eigenvalue weighted by atomic mass is 9.97. The van der Waals surface area contributed by atoms with E-state index in [1.54, 1.807) is 30.3 Å². The van der Waals surface area contributed by atoms with E-state index in [1.807, 2.05) is 42.5 Å². The van der Waals surface area contributed by atoms with Gasteiger partial charge in [0.05, 0.1) is 11.4 Å². The van der Waals surface area contributed by atoms with E-state index in [-0.39, 0.29) is 17.7 Å². The van der Waals surface area contributed by atoms with E-state index in [9.17, 15) is 9.59 Å². The summed E-state index contributed by atoms with van der Waals surface area (Å²) in [5, 5.41) is 9.09. The number of amides is 2. The van der Waals surface area contributed by atoms with Crippen LogP contribution in [0.15, 0.2) is 72.8 Å². The van der Waals surface area contributed by atoms with E-state index in [2.05, 4.69) is 16.0 Å². The molecule has 3 aromatic rings. The van der Waals surface area contributed by atoms with Gasteiger partial charge in [0.15, 0.2) is 0 Å². The molecule has 1 aliphatic rings. The van der Waals surface area contributed by atoms with Crippen LogP contribution in [0.25, 0.3) is 11.1 Å². The molecule has 1 saturated heterocycles. The van der Waals surface area contributed by atoms with Gasteiger partial charge in [0, 0.05) is 17.2 Å². The summed E-state index contributed by atoms with van der Waals surface area (Å²) in [5.74, 6) is -0.193. The Labute approximate surface area is 181 Å². The monoisotopic (exact) mass is 414 g/mol. The largest absolute Gasteiger partial charge is 0.397 e.